The molecule has 4 heteroatoms. The van der Waals surface area contributed by atoms with Crippen LogP contribution in [0.2, 0.25) is 0 Å². The first-order chi connectivity index (χ1) is 7.72. The minimum Gasteiger partial charge on any atom is -0.496 e. The van der Waals surface area contributed by atoms with Crippen molar-refractivity contribution < 1.29 is 4.74 Å². The van der Waals surface area contributed by atoms with Crippen LogP contribution >= 0.6 is 11.3 Å². The summed E-state index contributed by atoms with van der Waals surface area (Å²) in [7, 11) is 0. The fraction of sp³-hybridized carbons (Fsp3) is 0.500. The van der Waals surface area contributed by atoms with Gasteiger partial charge in [0.25, 0.3) is 0 Å². The SMILES string of the molecule is Cc1cc(C(NN)C2=CCCCO2)sc1C. The third-order valence-corrected chi connectivity index (χ3v) is 4.10. The van der Waals surface area contributed by atoms with Crippen LogP contribution in [-0.4, -0.2) is 6.61 Å². The van der Waals surface area contributed by atoms with E-state index in [2.05, 4.69) is 31.4 Å². The lowest BCUT2D eigenvalue weighted by Gasteiger charge is -2.22. The zero-order valence-corrected chi connectivity index (χ0v) is 10.6. The summed E-state index contributed by atoms with van der Waals surface area (Å²) in [6.07, 6.45) is 4.32. The topological polar surface area (TPSA) is 47.3 Å². The van der Waals surface area contributed by atoms with Gasteiger partial charge in [0.05, 0.1) is 6.61 Å². The summed E-state index contributed by atoms with van der Waals surface area (Å²) in [5.41, 5.74) is 4.16. The van der Waals surface area contributed by atoms with Crippen molar-refractivity contribution >= 4 is 11.3 Å². The lowest BCUT2D eigenvalue weighted by Crippen LogP contribution is -2.30. The Morgan fingerprint density at radius 3 is 2.81 bits per heavy atom. The van der Waals surface area contributed by atoms with Gasteiger partial charge in [-0.05, 0) is 44.4 Å². The molecular weight excluding hydrogens is 220 g/mol. The van der Waals surface area contributed by atoms with Crippen LogP contribution in [0.25, 0.3) is 0 Å². The van der Waals surface area contributed by atoms with Crippen molar-refractivity contribution in [2.24, 2.45) is 5.84 Å². The number of hydrazine groups is 1. The lowest BCUT2D eigenvalue weighted by atomic mass is 10.1. The number of nitrogens with two attached hydrogens (primary N) is 1. The van der Waals surface area contributed by atoms with Crippen LogP contribution in [0, 0.1) is 13.8 Å². The molecule has 0 aromatic carbocycles. The standard InChI is InChI=1S/C12H18N2OS/c1-8-7-11(16-9(8)2)12(14-13)10-5-3-4-6-15-10/h5,7,12,14H,3-4,6,13H2,1-2H3. The van der Waals surface area contributed by atoms with E-state index in [4.69, 9.17) is 10.6 Å². The number of aryl methyl sites for hydroxylation is 2. The quantitative estimate of drug-likeness (QED) is 0.628. The number of nitrogens with one attached hydrogen (secondary N) is 1. The molecule has 3 N–H and O–H groups in total. The minimum atomic E-state index is 0.0118. The molecule has 0 radical (unpaired) electrons. The first-order valence-corrected chi connectivity index (χ1v) is 6.40. The predicted octanol–water partition coefficient (Wildman–Crippen LogP) is 2.56. The third-order valence-electron chi connectivity index (χ3n) is 2.88. The highest BCUT2D eigenvalue weighted by Crippen LogP contribution is 2.32. The van der Waals surface area contributed by atoms with Gasteiger partial charge in [0, 0.05) is 9.75 Å². The zero-order chi connectivity index (χ0) is 11.5. The van der Waals surface area contributed by atoms with Crippen molar-refractivity contribution in [2.75, 3.05) is 6.61 Å². The second-order valence-corrected chi connectivity index (χ2v) is 5.37. The van der Waals surface area contributed by atoms with E-state index in [-0.39, 0.29) is 6.04 Å². The number of rotatable bonds is 3. The van der Waals surface area contributed by atoms with E-state index in [0.29, 0.717) is 0 Å². The highest BCUT2D eigenvalue weighted by atomic mass is 32.1. The molecule has 3 nitrogen and oxygen atoms in total. The summed E-state index contributed by atoms with van der Waals surface area (Å²) in [6, 6.07) is 2.20. The van der Waals surface area contributed by atoms with Gasteiger partial charge in [-0.15, -0.1) is 11.3 Å². The first-order valence-electron chi connectivity index (χ1n) is 5.58. The molecule has 0 fully saturated rings. The molecule has 0 bridgehead atoms. The number of hydrogen-bond donors (Lipinski definition) is 2. The predicted molar refractivity (Wildman–Crippen MR) is 67.1 cm³/mol. The lowest BCUT2D eigenvalue weighted by molar-refractivity contribution is 0.168. The van der Waals surface area contributed by atoms with Crippen LogP contribution < -0.4 is 11.3 Å². The Balaban J connectivity index is 2.24. The first kappa shape index (κ1) is 11.6. The Kier molecular flexibility index (Phi) is 3.63. The summed E-state index contributed by atoms with van der Waals surface area (Å²) in [5, 5.41) is 0. The van der Waals surface area contributed by atoms with Gasteiger partial charge >= 0.3 is 0 Å². The van der Waals surface area contributed by atoms with E-state index >= 15 is 0 Å². The van der Waals surface area contributed by atoms with Gasteiger partial charge < -0.3 is 4.74 Å². The highest BCUT2D eigenvalue weighted by molar-refractivity contribution is 7.12. The van der Waals surface area contributed by atoms with Crippen LogP contribution in [0.1, 0.15) is 34.2 Å². The fourth-order valence-electron chi connectivity index (χ4n) is 1.83. The van der Waals surface area contributed by atoms with Crippen LogP contribution in [0.5, 0.6) is 0 Å². The van der Waals surface area contributed by atoms with E-state index in [0.717, 1.165) is 25.2 Å². The maximum Gasteiger partial charge on any atom is 0.116 e. The van der Waals surface area contributed by atoms with Gasteiger partial charge in [-0.1, -0.05) is 0 Å². The van der Waals surface area contributed by atoms with Gasteiger partial charge in [-0.3, -0.25) is 5.84 Å². The molecule has 2 rings (SSSR count). The molecule has 0 aliphatic carbocycles. The molecule has 16 heavy (non-hydrogen) atoms. The molecule has 1 atom stereocenters. The van der Waals surface area contributed by atoms with Crippen molar-refractivity contribution in [3.63, 3.8) is 0 Å². The largest absolute Gasteiger partial charge is 0.496 e. The van der Waals surface area contributed by atoms with Crippen LogP contribution in [-0.2, 0) is 4.74 Å². The van der Waals surface area contributed by atoms with Crippen molar-refractivity contribution in [3.8, 4) is 0 Å². The second kappa shape index (κ2) is 4.99. The normalized spacial score (nSPS) is 17.8. The molecule has 1 aliphatic heterocycles. The maximum atomic E-state index is 5.66. The Morgan fingerprint density at radius 2 is 2.31 bits per heavy atom. The molecule has 0 saturated carbocycles. The Hall–Kier alpha value is -0.840. The minimum absolute atomic E-state index is 0.0118. The van der Waals surface area contributed by atoms with Gasteiger partial charge in [0.15, 0.2) is 0 Å². The summed E-state index contributed by atoms with van der Waals surface area (Å²) >= 11 is 1.78. The third kappa shape index (κ3) is 2.29. The van der Waals surface area contributed by atoms with Crippen molar-refractivity contribution in [3.05, 3.63) is 33.2 Å². The monoisotopic (exact) mass is 238 g/mol. The summed E-state index contributed by atoms with van der Waals surface area (Å²) in [5.74, 6) is 6.60. The van der Waals surface area contributed by atoms with Gasteiger partial charge in [0.2, 0.25) is 0 Å². The Bertz CT molecular complexity index is 378. The average molecular weight is 238 g/mol. The van der Waals surface area contributed by atoms with E-state index < -0.39 is 0 Å². The van der Waals surface area contributed by atoms with Crippen molar-refractivity contribution in [1.29, 1.82) is 0 Å². The summed E-state index contributed by atoms with van der Waals surface area (Å²) < 4.78 is 5.66. The van der Waals surface area contributed by atoms with Gasteiger partial charge in [0.1, 0.15) is 11.8 Å². The summed E-state index contributed by atoms with van der Waals surface area (Å²) in [4.78, 5) is 2.57. The molecule has 1 unspecified atom stereocenters. The second-order valence-electron chi connectivity index (χ2n) is 4.08. The Morgan fingerprint density at radius 1 is 1.50 bits per heavy atom. The number of thiophene rings is 1. The highest BCUT2D eigenvalue weighted by Gasteiger charge is 2.20. The van der Waals surface area contributed by atoms with Gasteiger partial charge in [-0.25, -0.2) is 5.43 Å². The maximum absolute atomic E-state index is 5.66. The zero-order valence-electron chi connectivity index (χ0n) is 9.75. The average Bonchev–Trinajstić information content (AvgIpc) is 2.61. The molecule has 2 heterocycles. The van der Waals surface area contributed by atoms with E-state index in [9.17, 15) is 0 Å². The summed E-state index contributed by atoms with van der Waals surface area (Å²) in [6.45, 7) is 5.06. The molecule has 0 amide bonds. The fourth-order valence-corrected chi connectivity index (χ4v) is 2.94. The van der Waals surface area contributed by atoms with Gasteiger partial charge in [-0.2, -0.15) is 0 Å². The Labute approximate surface area is 100 Å². The molecular formula is C12H18N2OS. The number of ether oxygens (including phenoxy) is 1. The number of allylic oxidation sites excluding steroid dienone is 1. The molecule has 0 saturated heterocycles. The van der Waals surface area contributed by atoms with E-state index in [1.807, 2.05) is 0 Å². The van der Waals surface area contributed by atoms with E-state index in [1.165, 1.54) is 15.3 Å². The van der Waals surface area contributed by atoms with Crippen molar-refractivity contribution in [2.45, 2.75) is 32.7 Å². The molecule has 1 aliphatic rings. The van der Waals surface area contributed by atoms with Crippen molar-refractivity contribution in [1.82, 2.24) is 5.43 Å². The molecule has 1 aromatic rings. The van der Waals surface area contributed by atoms with Crippen LogP contribution in [0.4, 0.5) is 0 Å². The smallest absolute Gasteiger partial charge is 0.116 e. The van der Waals surface area contributed by atoms with Crippen LogP contribution in [0.3, 0.4) is 0 Å². The molecule has 0 spiro atoms. The molecule has 1 aromatic heterocycles. The van der Waals surface area contributed by atoms with Crippen LogP contribution in [0.15, 0.2) is 17.9 Å². The van der Waals surface area contributed by atoms with E-state index in [1.54, 1.807) is 11.3 Å². The number of hydrogen-bond acceptors (Lipinski definition) is 4. The molecule has 88 valence electrons.